The molecule has 0 fully saturated rings. The van der Waals surface area contributed by atoms with Gasteiger partial charge in [0.2, 0.25) is 0 Å². The Kier molecular flexibility index (Phi) is 2.91. The molecule has 1 nitrogen and oxygen atoms in total. The Morgan fingerprint density at radius 1 is 0.542 bits per heavy atom. The average Bonchev–Trinajstić information content (AvgIpc) is 3.02. The van der Waals surface area contributed by atoms with E-state index >= 15 is 0 Å². The first-order chi connectivity index (χ1) is 11.8. The maximum Gasteiger partial charge on any atom is 0.154 e. The van der Waals surface area contributed by atoms with Crippen LogP contribution in [-0.4, -0.2) is 0 Å². The molecule has 0 atom stereocenters. The van der Waals surface area contributed by atoms with E-state index in [2.05, 4.69) is 66.7 Å². The highest BCUT2D eigenvalue weighted by Gasteiger charge is 2.14. The van der Waals surface area contributed by atoms with Gasteiger partial charge in [0.15, 0.2) is 5.58 Å². The maximum absolute atomic E-state index is 6.33. The van der Waals surface area contributed by atoms with Gasteiger partial charge in [-0.1, -0.05) is 84.4 Å². The van der Waals surface area contributed by atoms with Crippen LogP contribution in [0.1, 0.15) is 0 Å². The van der Waals surface area contributed by atoms with Gasteiger partial charge in [-0.25, -0.2) is 0 Å². The van der Waals surface area contributed by atoms with Crippen LogP contribution < -0.4 is 0 Å². The molecule has 0 aliphatic rings. The summed E-state index contributed by atoms with van der Waals surface area (Å²) in [4.78, 5) is 0. The summed E-state index contributed by atoms with van der Waals surface area (Å²) in [5.41, 5.74) is 3.91. The molecule has 1 heterocycles. The molecule has 5 rings (SSSR count). The number of rotatable bonds is 1. The van der Waals surface area contributed by atoms with Crippen LogP contribution in [0.2, 0.25) is 5.02 Å². The summed E-state index contributed by atoms with van der Waals surface area (Å²) in [6.07, 6.45) is 0. The molecule has 0 bridgehead atoms. The van der Waals surface area contributed by atoms with Crippen molar-refractivity contribution in [3.8, 4) is 11.1 Å². The molecule has 0 saturated carbocycles. The lowest BCUT2D eigenvalue weighted by molar-refractivity contribution is 0.670. The van der Waals surface area contributed by atoms with Gasteiger partial charge in [-0.2, -0.15) is 0 Å². The third kappa shape index (κ3) is 1.88. The summed E-state index contributed by atoms with van der Waals surface area (Å²) in [7, 11) is 0. The summed E-state index contributed by atoms with van der Waals surface area (Å²) in [5, 5.41) is 5.24. The van der Waals surface area contributed by atoms with Crippen molar-refractivity contribution < 1.29 is 4.42 Å². The molecule has 1 aromatic heterocycles. The van der Waals surface area contributed by atoms with E-state index in [1.165, 1.54) is 16.3 Å². The van der Waals surface area contributed by atoms with Crippen molar-refractivity contribution in [1.29, 1.82) is 0 Å². The molecule has 0 amide bonds. The van der Waals surface area contributed by atoms with Crippen LogP contribution in [0.15, 0.2) is 83.3 Å². The molecule has 0 radical (unpaired) electrons. The Hall–Kier alpha value is -2.77. The van der Waals surface area contributed by atoms with E-state index in [4.69, 9.17) is 16.0 Å². The van der Waals surface area contributed by atoms with Gasteiger partial charge >= 0.3 is 0 Å². The third-order valence-corrected chi connectivity index (χ3v) is 4.85. The Bertz CT molecular complexity index is 1210. The standard InChI is InChI=1S/C22H13ClO/c23-20-13-5-12-19-18-11-4-10-17(21(18)24-22(19)20)16-9-3-7-14-6-1-2-8-15(14)16/h1-13H. The molecule has 2 heteroatoms. The van der Waals surface area contributed by atoms with Crippen molar-refractivity contribution >= 4 is 44.3 Å². The van der Waals surface area contributed by atoms with E-state index in [0.29, 0.717) is 5.02 Å². The Labute approximate surface area is 144 Å². The smallest absolute Gasteiger partial charge is 0.154 e. The molecule has 0 N–H and O–H groups in total. The maximum atomic E-state index is 6.33. The number of benzene rings is 4. The topological polar surface area (TPSA) is 13.1 Å². The third-order valence-electron chi connectivity index (χ3n) is 4.56. The molecule has 4 aromatic carbocycles. The predicted octanol–water partition coefficient (Wildman–Crippen LogP) is 7.06. The second-order valence-corrected chi connectivity index (χ2v) is 6.33. The highest BCUT2D eigenvalue weighted by atomic mass is 35.5. The number of hydrogen-bond acceptors (Lipinski definition) is 1. The Balaban J connectivity index is 1.93. The summed E-state index contributed by atoms with van der Waals surface area (Å²) >= 11 is 6.33. The number of fused-ring (bicyclic) bond motifs is 4. The number of para-hydroxylation sites is 2. The normalized spacial score (nSPS) is 11.5. The second-order valence-electron chi connectivity index (χ2n) is 5.93. The summed E-state index contributed by atoms with van der Waals surface area (Å²) in [6, 6.07) is 26.9. The van der Waals surface area contributed by atoms with E-state index in [0.717, 1.165) is 27.5 Å². The van der Waals surface area contributed by atoms with Crippen LogP contribution in [0, 0.1) is 0 Å². The van der Waals surface area contributed by atoms with Crippen LogP contribution in [0.25, 0.3) is 43.8 Å². The highest BCUT2D eigenvalue weighted by Crippen LogP contribution is 2.39. The number of hydrogen-bond donors (Lipinski definition) is 0. The van der Waals surface area contributed by atoms with Crippen molar-refractivity contribution in [2.45, 2.75) is 0 Å². The fraction of sp³-hybridized carbons (Fsp3) is 0. The minimum absolute atomic E-state index is 0.646. The molecule has 24 heavy (non-hydrogen) atoms. The first-order valence-corrected chi connectivity index (χ1v) is 8.28. The van der Waals surface area contributed by atoms with E-state index in [1.807, 2.05) is 12.1 Å². The van der Waals surface area contributed by atoms with Gasteiger partial charge in [0.05, 0.1) is 5.02 Å². The lowest BCUT2D eigenvalue weighted by Crippen LogP contribution is -1.82. The summed E-state index contributed by atoms with van der Waals surface area (Å²) in [5.74, 6) is 0. The lowest BCUT2D eigenvalue weighted by Gasteiger charge is -2.07. The van der Waals surface area contributed by atoms with Gasteiger partial charge in [-0.15, -0.1) is 0 Å². The minimum Gasteiger partial charge on any atom is -0.454 e. The molecular weight excluding hydrogens is 316 g/mol. The van der Waals surface area contributed by atoms with Gasteiger partial charge in [0, 0.05) is 16.3 Å². The molecule has 5 aromatic rings. The van der Waals surface area contributed by atoms with E-state index in [9.17, 15) is 0 Å². The van der Waals surface area contributed by atoms with Crippen LogP contribution in [-0.2, 0) is 0 Å². The van der Waals surface area contributed by atoms with Gasteiger partial charge < -0.3 is 4.42 Å². The molecule has 0 aliphatic heterocycles. The summed E-state index contributed by atoms with van der Waals surface area (Å²) < 4.78 is 6.19. The zero-order valence-electron chi connectivity index (χ0n) is 12.8. The average molecular weight is 329 g/mol. The molecule has 0 aliphatic carbocycles. The van der Waals surface area contributed by atoms with Crippen molar-refractivity contribution in [2.75, 3.05) is 0 Å². The number of furan rings is 1. The Morgan fingerprint density at radius 3 is 2.08 bits per heavy atom. The molecular formula is C22H13ClO. The first kappa shape index (κ1) is 13.6. The number of halogens is 1. The van der Waals surface area contributed by atoms with E-state index in [-0.39, 0.29) is 0 Å². The Morgan fingerprint density at radius 2 is 1.17 bits per heavy atom. The zero-order chi connectivity index (χ0) is 16.1. The van der Waals surface area contributed by atoms with Gasteiger partial charge in [-0.05, 0) is 22.4 Å². The molecule has 0 spiro atoms. The van der Waals surface area contributed by atoms with Crippen LogP contribution in [0.5, 0.6) is 0 Å². The van der Waals surface area contributed by atoms with Crippen LogP contribution in [0.3, 0.4) is 0 Å². The van der Waals surface area contributed by atoms with Crippen molar-refractivity contribution in [3.05, 3.63) is 83.9 Å². The van der Waals surface area contributed by atoms with E-state index in [1.54, 1.807) is 0 Å². The highest BCUT2D eigenvalue weighted by molar-refractivity contribution is 6.36. The first-order valence-electron chi connectivity index (χ1n) is 7.91. The van der Waals surface area contributed by atoms with Gasteiger partial charge in [0.1, 0.15) is 5.58 Å². The molecule has 0 unspecified atom stereocenters. The van der Waals surface area contributed by atoms with Crippen LogP contribution in [0.4, 0.5) is 0 Å². The van der Waals surface area contributed by atoms with Crippen molar-refractivity contribution in [3.63, 3.8) is 0 Å². The van der Waals surface area contributed by atoms with Crippen LogP contribution >= 0.6 is 11.6 Å². The fourth-order valence-electron chi connectivity index (χ4n) is 3.46. The second kappa shape index (κ2) is 5.12. The zero-order valence-corrected chi connectivity index (χ0v) is 13.5. The van der Waals surface area contributed by atoms with Crippen molar-refractivity contribution in [1.82, 2.24) is 0 Å². The molecule has 114 valence electrons. The SMILES string of the molecule is Clc1cccc2c1oc1c(-c3cccc4ccccc34)cccc12. The minimum atomic E-state index is 0.646. The quantitative estimate of drug-likeness (QED) is 0.321. The van der Waals surface area contributed by atoms with E-state index < -0.39 is 0 Å². The largest absolute Gasteiger partial charge is 0.454 e. The van der Waals surface area contributed by atoms with Gasteiger partial charge in [0.25, 0.3) is 0 Å². The molecule has 0 saturated heterocycles. The summed E-state index contributed by atoms with van der Waals surface area (Å²) in [6.45, 7) is 0. The predicted molar refractivity (Wildman–Crippen MR) is 102 cm³/mol. The fourth-order valence-corrected chi connectivity index (χ4v) is 3.67. The van der Waals surface area contributed by atoms with Crippen molar-refractivity contribution in [2.24, 2.45) is 0 Å². The van der Waals surface area contributed by atoms with Gasteiger partial charge in [-0.3, -0.25) is 0 Å². The monoisotopic (exact) mass is 328 g/mol. The lowest BCUT2D eigenvalue weighted by atomic mass is 9.97.